The van der Waals surface area contributed by atoms with Gasteiger partial charge in [-0.3, -0.25) is 4.79 Å². The van der Waals surface area contributed by atoms with E-state index in [9.17, 15) is 4.79 Å². The molecular weight excluding hydrogens is 290 g/mol. The van der Waals surface area contributed by atoms with Crippen LogP contribution in [0, 0.1) is 11.8 Å². The minimum absolute atomic E-state index is 0.0862. The lowest BCUT2D eigenvalue weighted by Crippen LogP contribution is -2.19. The maximum absolute atomic E-state index is 11.2. The number of carbonyl (C=O) groups excluding carboxylic acids is 1. The molecule has 0 saturated heterocycles. The molecule has 4 heteroatoms. The number of halogens is 2. The fourth-order valence-electron chi connectivity index (χ4n) is 0.896. The molecule has 70 valence electrons. The summed E-state index contributed by atoms with van der Waals surface area (Å²) in [6.45, 7) is 3.97. The SMILES string of the molecule is CC(C)C(C/C=C/Cl)C(=O)OI. The Morgan fingerprint density at radius 1 is 1.67 bits per heavy atom. The summed E-state index contributed by atoms with van der Waals surface area (Å²) in [7, 11) is 0. The summed E-state index contributed by atoms with van der Waals surface area (Å²) in [5, 5.41) is 0. The molecule has 0 aliphatic carbocycles. The molecule has 0 amide bonds. The number of carbonyl (C=O) groups is 1. The van der Waals surface area contributed by atoms with Crippen molar-refractivity contribution in [3.8, 4) is 0 Å². The van der Waals surface area contributed by atoms with Crippen molar-refractivity contribution < 1.29 is 7.86 Å². The van der Waals surface area contributed by atoms with Gasteiger partial charge in [0.25, 0.3) is 0 Å². The smallest absolute Gasteiger partial charge is 0.318 e. The third-order valence-corrected chi connectivity index (χ3v) is 2.27. The Hall–Kier alpha value is 0.230. The summed E-state index contributed by atoms with van der Waals surface area (Å²) >= 11 is 6.97. The molecule has 0 heterocycles. The summed E-state index contributed by atoms with van der Waals surface area (Å²) in [4.78, 5) is 11.2. The van der Waals surface area contributed by atoms with Gasteiger partial charge in [0.1, 0.15) is 0 Å². The Morgan fingerprint density at radius 3 is 2.58 bits per heavy atom. The summed E-state index contributed by atoms with van der Waals surface area (Å²) < 4.78 is 4.62. The summed E-state index contributed by atoms with van der Waals surface area (Å²) in [6, 6.07) is 0. The minimum atomic E-state index is -0.180. The van der Waals surface area contributed by atoms with Crippen LogP contribution in [0.3, 0.4) is 0 Å². The molecule has 2 nitrogen and oxygen atoms in total. The highest BCUT2D eigenvalue weighted by Crippen LogP contribution is 2.18. The van der Waals surface area contributed by atoms with Crippen molar-refractivity contribution in [1.29, 1.82) is 0 Å². The minimum Gasteiger partial charge on any atom is -0.394 e. The molecule has 12 heavy (non-hydrogen) atoms. The lowest BCUT2D eigenvalue weighted by molar-refractivity contribution is -0.137. The molecular formula is C8H12ClIO2. The first-order valence-electron chi connectivity index (χ1n) is 3.71. The molecule has 0 spiro atoms. The lowest BCUT2D eigenvalue weighted by atomic mass is 9.93. The van der Waals surface area contributed by atoms with Crippen LogP contribution in [-0.2, 0) is 7.86 Å². The first-order valence-corrected chi connectivity index (χ1v) is 5.02. The van der Waals surface area contributed by atoms with E-state index in [2.05, 4.69) is 3.07 Å². The van der Waals surface area contributed by atoms with E-state index < -0.39 is 0 Å². The Bertz CT molecular complexity index is 168. The predicted molar refractivity (Wildman–Crippen MR) is 58.1 cm³/mol. The average molecular weight is 303 g/mol. The van der Waals surface area contributed by atoms with Crippen molar-refractivity contribution in [1.82, 2.24) is 0 Å². The van der Waals surface area contributed by atoms with Crippen molar-refractivity contribution in [2.24, 2.45) is 11.8 Å². The van der Waals surface area contributed by atoms with Crippen molar-refractivity contribution in [3.05, 3.63) is 11.6 Å². The number of hydrogen-bond acceptors (Lipinski definition) is 2. The normalized spacial score (nSPS) is 13.8. The van der Waals surface area contributed by atoms with Crippen LogP contribution in [0.4, 0.5) is 0 Å². The maximum Gasteiger partial charge on any atom is 0.318 e. The fraction of sp³-hybridized carbons (Fsp3) is 0.625. The quantitative estimate of drug-likeness (QED) is 0.745. The zero-order valence-electron chi connectivity index (χ0n) is 7.09. The molecule has 1 atom stereocenters. The first-order chi connectivity index (χ1) is 5.63. The molecule has 0 aromatic heterocycles. The average Bonchev–Trinajstić information content (AvgIpc) is 2.04. The highest BCUT2D eigenvalue weighted by Gasteiger charge is 2.21. The molecule has 0 N–H and O–H groups in total. The Balaban J connectivity index is 4.13. The monoisotopic (exact) mass is 302 g/mol. The van der Waals surface area contributed by atoms with E-state index in [-0.39, 0.29) is 17.8 Å². The second kappa shape index (κ2) is 6.71. The zero-order valence-corrected chi connectivity index (χ0v) is 10.0. The molecule has 0 aromatic rings. The number of hydrogen-bond donors (Lipinski definition) is 0. The number of rotatable bonds is 4. The third-order valence-electron chi connectivity index (χ3n) is 1.66. The molecule has 0 aliphatic heterocycles. The zero-order chi connectivity index (χ0) is 9.56. The van der Waals surface area contributed by atoms with E-state index >= 15 is 0 Å². The molecule has 0 radical (unpaired) electrons. The van der Waals surface area contributed by atoms with Crippen LogP contribution in [0.2, 0.25) is 0 Å². The van der Waals surface area contributed by atoms with Crippen molar-refractivity contribution in [2.75, 3.05) is 0 Å². The Kier molecular flexibility index (Phi) is 6.84. The van der Waals surface area contributed by atoms with Gasteiger partial charge in [0, 0.05) is 5.54 Å². The van der Waals surface area contributed by atoms with Gasteiger partial charge in [0.2, 0.25) is 0 Å². The van der Waals surface area contributed by atoms with Gasteiger partial charge in [0.15, 0.2) is 23.0 Å². The van der Waals surface area contributed by atoms with Crippen molar-refractivity contribution in [2.45, 2.75) is 20.3 Å². The number of allylic oxidation sites excluding steroid dienone is 1. The van der Waals surface area contributed by atoms with Gasteiger partial charge in [0.05, 0.1) is 5.92 Å². The van der Waals surface area contributed by atoms with Crippen LogP contribution in [-0.4, -0.2) is 5.97 Å². The highest BCUT2D eigenvalue weighted by molar-refractivity contribution is 14.1. The maximum atomic E-state index is 11.2. The fourth-order valence-corrected chi connectivity index (χ4v) is 1.33. The summed E-state index contributed by atoms with van der Waals surface area (Å²) in [5.41, 5.74) is 1.43. The molecule has 0 saturated carbocycles. The van der Waals surface area contributed by atoms with Gasteiger partial charge in [-0.2, -0.15) is 0 Å². The molecule has 0 aromatic carbocycles. The first kappa shape index (κ1) is 12.2. The van der Waals surface area contributed by atoms with Crippen LogP contribution in [0.15, 0.2) is 11.6 Å². The Morgan fingerprint density at radius 2 is 2.25 bits per heavy atom. The van der Waals surface area contributed by atoms with E-state index in [1.165, 1.54) is 5.54 Å². The summed E-state index contributed by atoms with van der Waals surface area (Å²) in [6.07, 6.45) is 2.41. The standard InChI is InChI=1S/C8H12ClIO2/c1-6(2)7(4-3-5-9)8(11)12-10/h3,5-7H,4H2,1-2H3/b5-3+. The second-order valence-electron chi connectivity index (χ2n) is 2.84. The van der Waals surface area contributed by atoms with Gasteiger partial charge >= 0.3 is 5.97 Å². The van der Waals surface area contributed by atoms with Crippen LogP contribution >= 0.6 is 34.6 Å². The van der Waals surface area contributed by atoms with E-state index in [1.54, 1.807) is 29.1 Å². The van der Waals surface area contributed by atoms with Crippen LogP contribution < -0.4 is 0 Å². The van der Waals surface area contributed by atoms with Crippen molar-refractivity contribution >= 4 is 40.6 Å². The van der Waals surface area contributed by atoms with Gasteiger partial charge in [-0.05, 0) is 12.3 Å². The Labute approximate surface area is 92.0 Å². The largest absolute Gasteiger partial charge is 0.394 e. The molecule has 0 rings (SSSR count). The second-order valence-corrected chi connectivity index (χ2v) is 3.54. The molecule has 0 bridgehead atoms. The lowest BCUT2D eigenvalue weighted by Gasteiger charge is -2.14. The molecule has 0 aliphatic rings. The predicted octanol–water partition coefficient (Wildman–Crippen LogP) is 3.29. The third kappa shape index (κ3) is 4.30. The van der Waals surface area contributed by atoms with E-state index in [0.29, 0.717) is 6.42 Å². The molecule has 0 fully saturated rings. The highest BCUT2D eigenvalue weighted by atomic mass is 127. The van der Waals surface area contributed by atoms with Gasteiger partial charge in [-0.25, -0.2) is 0 Å². The van der Waals surface area contributed by atoms with E-state index in [1.807, 2.05) is 13.8 Å². The van der Waals surface area contributed by atoms with Crippen LogP contribution in [0.5, 0.6) is 0 Å². The summed E-state index contributed by atoms with van der Waals surface area (Å²) in [5.74, 6) is 0.0115. The van der Waals surface area contributed by atoms with Crippen LogP contribution in [0.1, 0.15) is 20.3 Å². The van der Waals surface area contributed by atoms with Crippen molar-refractivity contribution in [3.63, 3.8) is 0 Å². The van der Waals surface area contributed by atoms with Gasteiger partial charge < -0.3 is 3.07 Å². The van der Waals surface area contributed by atoms with Gasteiger partial charge in [-0.15, -0.1) is 0 Å². The topological polar surface area (TPSA) is 26.3 Å². The van der Waals surface area contributed by atoms with E-state index in [0.717, 1.165) is 0 Å². The van der Waals surface area contributed by atoms with Crippen LogP contribution in [0.25, 0.3) is 0 Å². The van der Waals surface area contributed by atoms with E-state index in [4.69, 9.17) is 11.6 Å². The van der Waals surface area contributed by atoms with Gasteiger partial charge in [-0.1, -0.05) is 31.5 Å². The molecule has 1 unspecified atom stereocenters.